The lowest BCUT2D eigenvalue weighted by atomic mass is 10.0. The summed E-state index contributed by atoms with van der Waals surface area (Å²) < 4.78 is 1.15. The molecule has 0 saturated carbocycles. The molecule has 0 bridgehead atoms. The molecule has 1 nitrogen and oxygen atoms in total. The number of rotatable bonds is 5. The molecule has 0 aliphatic carbocycles. The van der Waals surface area contributed by atoms with E-state index in [0.717, 1.165) is 22.5 Å². The molecule has 1 aromatic heterocycles. The molecule has 0 saturated heterocycles. The highest BCUT2D eigenvalue weighted by atomic mass is 79.9. The molecule has 1 aromatic carbocycles. The van der Waals surface area contributed by atoms with Gasteiger partial charge in [-0.3, -0.25) is 0 Å². The summed E-state index contributed by atoms with van der Waals surface area (Å²) in [5, 5.41) is 6.49. The van der Waals surface area contributed by atoms with Crippen molar-refractivity contribution in [1.82, 2.24) is 5.32 Å². The van der Waals surface area contributed by atoms with E-state index >= 15 is 0 Å². The monoisotopic (exact) mass is 357 g/mol. The van der Waals surface area contributed by atoms with Gasteiger partial charge in [0.1, 0.15) is 0 Å². The summed E-state index contributed by atoms with van der Waals surface area (Å²) in [5.41, 5.74) is 2.38. The number of halogens is 2. The zero-order valence-electron chi connectivity index (χ0n) is 11.0. The van der Waals surface area contributed by atoms with Gasteiger partial charge in [0.2, 0.25) is 0 Å². The maximum atomic E-state index is 6.39. The van der Waals surface area contributed by atoms with Crippen LogP contribution in [0.4, 0.5) is 0 Å². The smallest absolute Gasteiger partial charge is 0.0456 e. The highest BCUT2D eigenvalue weighted by molar-refractivity contribution is 9.10. The molecule has 0 fully saturated rings. The van der Waals surface area contributed by atoms with Crippen molar-refractivity contribution in [3.8, 4) is 0 Å². The van der Waals surface area contributed by atoms with E-state index in [1.165, 1.54) is 16.0 Å². The Labute approximate surface area is 132 Å². The molecular formula is C15H17BrClNS. The first-order chi connectivity index (χ1) is 9.10. The van der Waals surface area contributed by atoms with Crippen molar-refractivity contribution in [2.24, 2.45) is 0 Å². The van der Waals surface area contributed by atoms with Crippen LogP contribution in [0.2, 0.25) is 5.02 Å². The Balaban J connectivity index is 2.23. The Morgan fingerprint density at radius 1 is 1.37 bits per heavy atom. The molecule has 2 rings (SSSR count). The third-order valence-corrected chi connectivity index (χ3v) is 5.06. The van der Waals surface area contributed by atoms with Gasteiger partial charge < -0.3 is 5.32 Å². The number of hydrogen-bond donors (Lipinski definition) is 1. The fraction of sp³-hybridized carbons (Fsp3) is 0.333. The van der Waals surface area contributed by atoms with Crippen LogP contribution in [0.1, 0.15) is 29.0 Å². The van der Waals surface area contributed by atoms with Crippen LogP contribution in [0.15, 0.2) is 34.1 Å². The molecule has 1 unspecified atom stereocenters. The number of aryl methyl sites for hydroxylation is 1. The highest BCUT2D eigenvalue weighted by Gasteiger charge is 2.15. The van der Waals surface area contributed by atoms with Crippen molar-refractivity contribution in [2.45, 2.75) is 26.3 Å². The summed E-state index contributed by atoms with van der Waals surface area (Å²) in [7, 11) is 0. The predicted molar refractivity (Wildman–Crippen MR) is 88.3 cm³/mol. The van der Waals surface area contributed by atoms with Crippen LogP contribution < -0.4 is 5.32 Å². The van der Waals surface area contributed by atoms with E-state index in [-0.39, 0.29) is 6.04 Å². The van der Waals surface area contributed by atoms with Crippen LogP contribution in [-0.4, -0.2) is 6.54 Å². The molecule has 2 aromatic rings. The van der Waals surface area contributed by atoms with Crippen LogP contribution in [0.25, 0.3) is 0 Å². The van der Waals surface area contributed by atoms with Crippen LogP contribution >= 0.6 is 38.9 Å². The molecule has 0 aliphatic heterocycles. The lowest BCUT2D eigenvalue weighted by Gasteiger charge is -2.19. The standard InChI is InChI=1S/C15H17BrClNS/c1-3-18-15(8-12-7-11(16)9-19-12)13-5-4-10(2)6-14(13)17/h4-7,9,15,18H,3,8H2,1-2H3. The Kier molecular flexibility index (Phi) is 5.46. The second-order valence-electron chi connectivity index (χ2n) is 4.57. The first-order valence-corrected chi connectivity index (χ1v) is 8.37. The molecule has 4 heteroatoms. The molecule has 0 aliphatic rings. The van der Waals surface area contributed by atoms with E-state index < -0.39 is 0 Å². The Morgan fingerprint density at radius 2 is 2.16 bits per heavy atom. The summed E-state index contributed by atoms with van der Waals surface area (Å²) in [6.07, 6.45) is 0.965. The summed E-state index contributed by atoms with van der Waals surface area (Å²) in [4.78, 5) is 1.36. The SMILES string of the molecule is CCNC(Cc1cc(Br)cs1)c1ccc(C)cc1Cl. The zero-order valence-corrected chi connectivity index (χ0v) is 14.2. The highest BCUT2D eigenvalue weighted by Crippen LogP contribution is 2.29. The summed E-state index contributed by atoms with van der Waals surface area (Å²) in [6.45, 7) is 5.12. The average molecular weight is 359 g/mol. The minimum absolute atomic E-state index is 0.267. The van der Waals surface area contributed by atoms with Gasteiger partial charge in [-0.15, -0.1) is 11.3 Å². The molecular weight excluding hydrogens is 342 g/mol. The largest absolute Gasteiger partial charge is 0.310 e. The van der Waals surface area contributed by atoms with E-state index in [1.807, 2.05) is 6.07 Å². The third kappa shape index (κ3) is 4.06. The molecule has 1 N–H and O–H groups in total. The van der Waals surface area contributed by atoms with Crippen molar-refractivity contribution in [1.29, 1.82) is 0 Å². The van der Waals surface area contributed by atoms with Crippen molar-refractivity contribution < 1.29 is 0 Å². The van der Waals surface area contributed by atoms with Gasteiger partial charge >= 0.3 is 0 Å². The van der Waals surface area contributed by atoms with E-state index in [1.54, 1.807) is 11.3 Å². The van der Waals surface area contributed by atoms with E-state index in [2.05, 4.69) is 58.7 Å². The molecule has 102 valence electrons. The second-order valence-corrected chi connectivity index (χ2v) is 6.89. The normalized spacial score (nSPS) is 12.6. The van der Waals surface area contributed by atoms with Gasteiger partial charge in [0.25, 0.3) is 0 Å². The quantitative estimate of drug-likeness (QED) is 0.758. The first kappa shape index (κ1) is 15.0. The predicted octanol–water partition coefficient (Wildman–Crippen LogP) is 5.37. The summed E-state index contributed by atoms with van der Waals surface area (Å²) in [6, 6.07) is 8.73. The minimum atomic E-state index is 0.267. The molecule has 19 heavy (non-hydrogen) atoms. The van der Waals surface area contributed by atoms with E-state index in [0.29, 0.717) is 0 Å². The Hall–Kier alpha value is -0.350. The van der Waals surface area contributed by atoms with Crippen LogP contribution in [-0.2, 0) is 6.42 Å². The molecule has 1 heterocycles. The zero-order chi connectivity index (χ0) is 13.8. The number of hydrogen-bond acceptors (Lipinski definition) is 2. The molecule has 0 spiro atoms. The maximum absolute atomic E-state index is 6.39. The summed E-state index contributed by atoms with van der Waals surface area (Å²) >= 11 is 11.7. The van der Waals surface area contributed by atoms with Crippen molar-refractivity contribution in [2.75, 3.05) is 6.54 Å². The molecule has 0 radical (unpaired) electrons. The van der Waals surface area contributed by atoms with E-state index in [4.69, 9.17) is 11.6 Å². The summed E-state index contributed by atoms with van der Waals surface area (Å²) in [5.74, 6) is 0. The maximum Gasteiger partial charge on any atom is 0.0456 e. The topological polar surface area (TPSA) is 12.0 Å². The van der Waals surface area contributed by atoms with Crippen molar-refractivity contribution in [3.05, 3.63) is 55.1 Å². The lowest BCUT2D eigenvalue weighted by molar-refractivity contribution is 0.553. The lowest BCUT2D eigenvalue weighted by Crippen LogP contribution is -2.23. The van der Waals surface area contributed by atoms with Crippen LogP contribution in [0.5, 0.6) is 0 Å². The van der Waals surface area contributed by atoms with Gasteiger partial charge in [0.05, 0.1) is 0 Å². The molecule has 0 amide bonds. The minimum Gasteiger partial charge on any atom is -0.310 e. The van der Waals surface area contributed by atoms with Gasteiger partial charge in [-0.2, -0.15) is 0 Å². The Bertz CT molecular complexity index is 553. The fourth-order valence-electron chi connectivity index (χ4n) is 2.12. The van der Waals surface area contributed by atoms with Gasteiger partial charge in [-0.1, -0.05) is 30.7 Å². The number of thiophene rings is 1. The fourth-order valence-corrected chi connectivity index (χ4v) is 3.98. The van der Waals surface area contributed by atoms with Gasteiger partial charge in [0.15, 0.2) is 0 Å². The van der Waals surface area contributed by atoms with Gasteiger partial charge in [-0.05, 0) is 52.7 Å². The van der Waals surface area contributed by atoms with Gasteiger partial charge in [-0.25, -0.2) is 0 Å². The third-order valence-electron chi connectivity index (χ3n) is 3.01. The number of likely N-dealkylation sites (N-methyl/N-ethyl adjacent to an activating group) is 1. The van der Waals surface area contributed by atoms with E-state index in [9.17, 15) is 0 Å². The van der Waals surface area contributed by atoms with Crippen molar-refractivity contribution in [3.63, 3.8) is 0 Å². The van der Waals surface area contributed by atoms with Crippen LogP contribution in [0, 0.1) is 6.92 Å². The second kappa shape index (κ2) is 6.89. The van der Waals surface area contributed by atoms with Gasteiger partial charge in [0, 0.05) is 32.2 Å². The van der Waals surface area contributed by atoms with Crippen LogP contribution in [0.3, 0.4) is 0 Å². The first-order valence-electron chi connectivity index (χ1n) is 6.32. The number of nitrogens with one attached hydrogen (secondary N) is 1. The Morgan fingerprint density at radius 3 is 2.74 bits per heavy atom. The van der Waals surface area contributed by atoms with Crippen molar-refractivity contribution >= 4 is 38.9 Å². The molecule has 1 atom stereocenters. The number of benzene rings is 1. The average Bonchev–Trinajstić information content (AvgIpc) is 2.74.